The van der Waals surface area contributed by atoms with E-state index in [1.54, 1.807) is 0 Å². The van der Waals surface area contributed by atoms with Crippen molar-refractivity contribution in [3.05, 3.63) is 23.4 Å². The molecule has 4 unspecified atom stereocenters. The van der Waals surface area contributed by atoms with E-state index in [4.69, 9.17) is 11.5 Å². The van der Waals surface area contributed by atoms with Crippen molar-refractivity contribution >= 4 is 94.4 Å². The van der Waals surface area contributed by atoms with Crippen LogP contribution in [0.4, 0.5) is 5.69 Å². The first-order chi connectivity index (χ1) is 40.1. The number of aliphatic imine (C=N–C) groups is 1. The molecule has 0 aliphatic carbocycles. The lowest BCUT2D eigenvalue weighted by Gasteiger charge is -2.47. The third-order valence-corrected chi connectivity index (χ3v) is 13.4. The summed E-state index contributed by atoms with van der Waals surface area (Å²) in [5, 5.41) is 98.4. The largest absolute Gasteiger partial charge is 0.504 e. The van der Waals surface area contributed by atoms with Crippen molar-refractivity contribution < 1.29 is 98.3 Å². The number of primary amides is 2. The maximum absolute atomic E-state index is 14.2. The van der Waals surface area contributed by atoms with Crippen LogP contribution in [0.1, 0.15) is 57.9 Å². The molecule has 1 aromatic carbocycles. The summed E-state index contributed by atoms with van der Waals surface area (Å²) < 4.78 is 0. The fraction of sp³-hybridized carbons (Fsp3) is 0.542. The van der Waals surface area contributed by atoms with Gasteiger partial charge in [-0.15, -0.1) is 0 Å². The van der Waals surface area contributed by atoms with Gasteiger partial charge >= 0.3 is 0 Å². The Labute approximate surface area is 482 Å². The zero-order valence-electron chi connectivity index (χ0n) is 45.8. The summed E-state index contributed by atoms with van der Waals surface area (Å²) in [5.74, 6) is -14.2. The number of nitrogens with two attached hydrogens (primary N) is 2. The summed E-state index contributed by atoms with van der Waals surface area (Å²) >= 11 is 0. The van der Waals surface area contributed by atoms with E-state index >= 15 is 0 Å². The quantitative estimate of drug-likeness (QED) is 0.0221. The van der Waals surface area contributed by atoms with Gasteiger partial charge in [-0.1, -0.05) is 0 Å². The SMILES string of the molecule is C[C@H](NC(=O)[C@@H](CC(N)=O)N(O)C(=O)[C@H](CO)NC(=O)CNC(=O)C1CCN=C(C(CO)NC(=O)[C@@H]2CCNC3C(NC(=O)CC(O)C(N)=O)=Cc4cc(O)c(O)cc4N32)N1)C(=O)NCC(=O)N[C@H](C)C(=O)NCC(=O)N[C@H]1CCCN(O)C1=O. The van der Waals surface area contributed by atoms with Crippen molar-refractivity contribution in [2.24, 2.45) is 16.5 Å². The van der Waals surface area contributed by atoms with Gasteiger partial charge in [0.25, 0.3) is 11.8 Å². The topological polar surface area (TPSA) is 570 Å². The second kappa shape index (κ2) is 30.3. The van der Waals surface area contributed by atoms with Crippen molar-refractivity contribution in [3.63, 3.8) is 0 Å². The summed E-state index contributed by atoms with van der Waals surface area (Å²) in [5.41, 5.74) is 10.9. The van der Waals surface area contributed by atoms with Crippen LogP contribution in [0.25, 0.3) is 6.08 Å². The third kappa shape index (κ3) is 18.1. The van der Waals surface area contributed by atoms with Crippen molar-refractivity contribution in [1.82, 2.24) is 68.6 Å². The summed E-state index contributed by atoms with van der Waals surface area (Å²) in [6, 6.07) is -9.12. The number of hydrogen-bond acceptors (Lipinski definition) is 24. The molecule has 0 spiro atoms. The smallest absolute Gasteiger partial charge is 0.271 e. The Balaban J connectivity index is 1.09. The molecule has 0 saturated carbocycles. The maximum Gasteiger partial charge on any atom is 0.271 e. The minimum absolute atomic E-state index is 0.0247. The average molecular weight is 1200 g/mol. The highest BCUT2D eigenvalue weighted by Gasteiger charge is 2.43. The molecule has 0 aromatic heterocycles. The van der Waals surface area contributed by atoms with Gasteiger partial charge in [-0.25, -0.2) is 10.1 Å². The molecule has 4 aliphatic rings. The van der Waals surface area contributed by atoms with Gasteiger partial charge in [0.15, 0.2) is 11.5 Å². The van der Waals surface area contributed by atoms with Crippen molar-refractivity contribution in [2.45, 2.75) is 113 Å². The zero-order valence-corrected chi connectivity index (χ0v) is 45.8. The maximum atomic E-state index is 14.2. The number of rotatable bonds is 27. The molecule has 37 heteroatoms. The number of hydroxylamine groups is 4. The molecule has 10 atom stereocenters. The number of aliphatic hydroxyl groups excluding tert-OH is 3. The van der Waals surface area contributed by atoms with Gasteiger partial charge in [0.2, 0.25) is 65.0 Å². The average Bonchev–Trinajstić information content (AvgIpc) is 1.06. The van der Waals surface area contributed by atoms with Gasteiger partial charge < -0.3 is 95.1 Å². The summed E-state index contributed by atoms with van der Waals surface area (Å²) in [6.07, 6.45) is -2.29. The molecule has 22 N–H and O–H groups in total. The standard InChI is InChI=1S/C48H69N17O20/c1-20(42(77)54-16-37(74)58-24-4-3-9-63(84)47(24)82)56-36(73)15-53-43(78)21(2)57-46(81)30(13-34(49)71)65(85)48(83)27(19-67)60-38(75)17-55-44(79)23-5-7-51-40(61-23)26(18-66)62-45(80)28-6-8-52-41-25(59-35(72)14-33(70)39(50)76)10-22-11-31(68)32(69)12-29(22)64(28)41/h10-12,20-21,23-24,26-28,30,33,41,52,66-70,84-85H,3-9,13-19H2,1-2H3,(H2,49,71)(H2,50,76)(H,51,61)(H,53,78)(H,54,77)(H,55,79)(H,56,73)(H,57,81)(H,58,74)(H,59,72)(H,60,75)(H,62,80)/t20-,21+,23?,24+,26?,27+,28+,30-,33?,41?/m1/s1. The van der Waals surface area contributed by atoms with Crippen LogP contribution in [0.2, 0.25) is 0 Å². The molecular formula is C48H69N17O20. The van der Waals surface area contributed by atoms with Crippen LogP contribution in [0, 0.1) is 0 Å². The number of phenolic OH excluding ortho intramolecular Hbond substituents is 2. The number of fused-ring (bicyclic) bond motifs is 3. The molecule has 1 aromatic rings. The Hall–Kier alpha value is -9.30. The fourth-order valence-electron chi connectivity index (χ4n) is 8.97. The molecule has 2 saturated heterocycles. The Morgan fingerprint density at radius 1 is 0.776 bits per heavy atom. The third-order valence-electron chi connectivity index (χ3n) is 13.4. The minimum Gasteiger partial charge on any atom is -0.504 e. The Kier molecular flexibility index (Phi) is 23.7. The van der Waals surface area contributed by atoms with E-state index in [9.17, 15) is 98.3 Å². The summed E-state index contributed by atoms with van der Waals surface area (Å²) in [6.45, 7) is -1.58. The molecule has 2 fully saturated rings. The second-order valence-electron chi connectivity index (χ2n) is 19.8. The van der Waals surface area contributed by atoms with Crippen LogP contribution in [0.15, 0.2) is 22.8 Å². The summed E-state index contributed by atoms with van der Waals surface area (Å²) in [4.78, 5) is 171. The fourth-order valence-corrected chi connectivity index (χ4v) is 8.97. The van der Waals surface area contributed by atoms with Crippen LogP contribution < -0.4 is 74.9 Å². The molecule has 13 amide bonds. The molecule has 4 heterocycles. The predicted octanol–water partition coefficient (Wildman–Crippen LogP) is -10.7. The van der Waals surface area contributed by atoms with Gasteiger partial charge in [0.1, 0.15) is 66.4 Å². The minimum atomic E-state index is -2.17. The van der Waals surface area contributed by atoms with Crippen LogP contribution in [-0.4, -0.2) is 242 Å². The first-order valence-electron chi connectivity index (χ1n) is 26.4. The number of amides is 13. The number of phenols is 2. The van der Waals surface area contributed by atoms with E-state index in [1.807, 2.05) is 0 Å². The molecule has 0 bridgehead atoms. The Morgan fingerprint density at radius 2 is 1.41 bits per heavy atom. The summed E-state index contributed by atoms with van der Waals surface area (Å²) in [7, 11) is 0. The highest BCUT2D eigenvalue weighted by Crippen LogP contribution is 2.41. The lowest BCUT2D eigenvalue weighted by atomic mass is 9.96. The lowest BCUT2D eigenvalue weighted by Crippen LogP contribution is -2.66. The van der Waals surface area contributed by atoms with Crippen molar-refractivity contribution in [2.75, 3.05) is 57.4 Å². The van der Waals surface area contributed by atoms with E-state index < -0.39 is 195 Å². The van der Waals surface area contributed by atoms with Gasteiger partial charge in [-0.3, -0.25) is 83.1 Å². The van der Waals surface area contributed by atoms with Gasteiger partial charge in [0, 0.05) is 24.7 Å². The van der Waals surface area contributed by atoms with E-state index in [-0.39, 0.29) is 66.7 Å². The first kappa shape index (κ1) is 66.5. The van der Waals surface area contributed by atoms with Gasteiger partial charge in [-0.05, 0) is 58.2 Å². The van der Waals surface area contributed by atoms with Crippen molar-refractivity contribution in [3.8, 4) is 11.5 Å². The zero-order chi connectivity index (χ0) is 63.0. The first-order valence-corrected chi connectivity index (χ1v) is 26.4. The number of carbonyl (C=O) groups is 13. The van der Waals surface area contributed by atoms with Gasteiger partial charge in [-0.2, -0.15) is 0 Å². The Bertz CT molecular complexity index is 2840. The monoisotopic (exact) mass is 1200 g/mol. The van der Waals surface area contributed by atoms with E-state index in [1.165, 1.54) is 30.0 Å². The molecule has 4 aliphatic heterocycles. The number of hydrogen-bond donors (Lipinski definition) is 20. The highest BCUT2D eigenvalue weighted by molar-refractivity contribution is 6.00. The van der Waals surface area contributed by atoms with E-state index in [2.05, 4.69) is 63.5 Å². The second-order valence-corrected chi connectivity index (χ2v) is 19.8. The van der Waals surface area contributed by atoms with Crippen LogP contribution in [0.5, 0.6) is 11.5 Å². The number of aliphatic hydroxyl groups is 3. The molecule has 0 radical (unpaired) electrons. The number of benzene rings is 1. The number of carbonyl (C=O) groups excluding carboxylic acids is 13. The van der Waals surface area contributed by atoms with E-state index in [0.29, 0.717) is 11.5 Å². The number of nitrogens with one attached hydrogen (secondary N) is 11. The van der Waals surface area contributed by atoms with E-state index in [0.717, 1.165) is 6.92 Å². The highest BCUT2D eigenvalue weighted by atomic mass is 16.5. The number of nitrogens with zero attached hydrogens (tertiary/aromatic N) is 4. The normalized spacial score (nSPS) is 20.1. The van der Waals surface area contributed by atoms with Crippen LogP contribution in [0.3, 0.4) is 0 Å². The molecule has 5 rings (SSSR count). The molecule has 37 nitrogen and oxygen atoms in total. The number of anilines is 1. The number of amidine groups is 1. The van der Waals surface area contributed by atoms with Gasteiger partial charge in [0.05, 0.1) is 57.1 Å². The molecular weight excluding hydrogens is 1130 g/mol. The van der Waals surface area contributed by atoms with Crippen molar-refractivity contribution in [1.29, 1.82) is 0 Å². The molecule has 85 heavy (non-hydrogen) atoms. The lowest BCUT2D eigenvalue weighted by molar-refractivity contribution is -0.184. The number of piperidine rings is 1. The van der Waals surface area contributed by atoms with Crippen LogP contribution in [-0.2, 0) is 62.3 Å². The predicted molar refractivity (Wildman–Crippen MR) is 285 cm³/mol. The Morgan fingerprint density at radius 3 is 2.06 bits per heavy atom. The van der Waals surface area contributed by atoms with Crippen LogP contribution >= 0.6 is 0 Å². The number of aromatic hydroxyl groups is 2. The molecule has 466 valence electrons.